The van der Waals surface area contributed by atoms with Crippen molar-refractivity contribution >= 4 is 28.2 Å². The van der Waals surface area contributed by atoms with E-state index in [1.54, 1.807) is 5.38 Å². The van der Waals surface area contributed by atoms with E-state index in [-0.39, 0.29) is 23.9 Å². The first kappa shape index (κ1) is 23.2. The van der Waals surface area contributed by atoms with Crippen LogP contribution in [0.2, 0.25) is 0 Å². The highest BCUT2D eigenvalue weighted by atomic mass is 32.1. The Hall–Kier alpha value is -2.98. The van der Waals surface area contributed by atoms with Crippen LogP contribution in [-0.2, 0) is 4.79 Å². The fourth-order valence-corrected chi connectivity index (χ4v) is 4.37. The fourth-order valence-electron chi connectivity index (χ4n) is 3.64. The lowest BCUT2D eigenvalue weighted by Crippen LogP contribution is -2.49. The molecule has 1 N–H and O–H groups in total. The number of nitrogens with one attached hydrogen (secondary N) is 1. The van der Waals surface area contributed by atoms with Crippen molar-refractivity contribution < 1.29 is 13.6 Å². The van der Waals surface area contributed by atoms with E-state index in [2.05, 4.69) is 38.9 Å². The summed E-state index contributed by atoms with van der Waals surface area (Å²) in [5, 5.41) is 4.72. The van der Waals surface area contributed by atoms with Crippen LogP contribution < -0.4 is 10.2 Å². The predicted molar refractivity (Wildman–Crippen MR) is 126 cm³/mol. The van der Waals surface area contributed by atoms with Crippen LogP contribution in [0.1, 0.15) is 31.3 Å². The third-order valence-electron chi connectivity index (χ3n) is 5.39. The topological polar surface area (TPSA) is 74.2 Å². The molecule has 4 rings (SSSR count). The van der Waals surface area contributed by atoms with Crippen molar-refractivity contribution in [3.63, 3.8) is 0 Å². The quantitative estimate of drug-likeness (QED) is 0.583. The maximum atomic E-state index is 14.0. The molecule has 0 spiro atoms. The second-order valence-electron chi connectivity index (χ2n) is 8.35. The van der Waals surface area contributed by atoms with Crippen molar-refractivity contribution in [3.8, 4) is 11.3 Å². The first-order valence-electron chi connectivity index (χ1n) is 10.8. The van der Waals surface area contributed by atoms with Gasteiger partial charge in [0.15, 0.2) is 5.13 Å². The first-order valence-corrected chi connectivity index (χ1v) is 11.7. The largest absolute Gasteiger partial charge is 0.354 e. The highest BCUT2D eigenvalue weighted by Crippen LogP contribution is 2.27. The molecule has 7 nitrogen and oxygen atoms in total. The van der Waals surface area contributed by atoms with Gasteiger partial charge in [-0.1, -0.05) is 13.8 Å². The molecule has 1 aliphatic heterocycles. The number of hydrogen-bond acceptors (Lipinski definition) is 7. The number of amides is 1. The van der Waals surface area contributed by atoms with Crippen LogP contribution in [0, 0.1) is 18.6 Å². The minimum Gasteiger partial charge on any atom is -0.354 e. The highest BCUT2D eigenvalue weighted by molar-refractivity contribution is 7.14. The van der Waals surface area contributed by atoms with E-state index in [9.17, 15) is 13.6 Å². The third kappa shape index (κ3) is 5.69. The number of piperazine rings is 1. The first-order chi connectivity index (χ1) is 15.8. The molecule has 1 amide bonds. The zero-order valence-electron chi connectivity index (χ0n) is 18.8. The molecule has 0 aliphatic carbocycles. The summed E-state index contributed by atoms with van der Waals surface area (Å²) < 4.78 is 27.4. The second kappa shape index (κ2) is 9.88. The zero-order valence-corrected chi connectivity index (χ0v) is 19.6. The van der Waals surface area contributed by atoms with E-state index in [0.717, 1.165) is 61.7 Å². The molecule has 1 saturated heterocycles. The Bertz CT molecular complexity index is 1140. The number of benzene rings is 1. The lowest BCUT2D eigenvalue weighted by Gasteiger charge is -2.35. The average molecular weight is 473 g/mol. The molecule has 0 atom stereocenters. The zero-order chi connectivity index (χ0) is 23.5. The van der Waals surface area contributed by atoms with Gasteiger partial charge in [0.2, 0.25) is 5.91 Å². The van der Waals surface area contributed by atoms with Crippen molar-refractivity contribution in [1.82, 2.24) is 19.9 Å². The fraction of sp³-hybridized carbons (Fsp3) is 0.391. The van der Waals surface area contributed by atoms with Crippen molar-refractivity contribution in [2.45, 2.75) is 26.7 Å². The summed E-state index contributed by atoms with van der Waals surface area (Å²) in [4.78, 5) is 30.2. The maximum Gasteiger partial charge on any atom is 0.240 e. The van der Waals surface area contributed by atoms with E-state index in [4.69, 9.17) is 4.98 Å². The summed E-state index contributed by atoms with van der Waals surface area (Å²) in [5.74, 6) is 0.739. The van der Waals surface area contributed by atoms with Gasteiger partial charge in [0, 0.05) is 54.8 Å². The van der Waals surface area contributed by atoms with Gasteiger partial charge in [0.05, 0.1) is 12.2 Å². The molecule has 3 heterocycles. The van der Waals surface area contributed by atoms with Gasteiger partial charge in [0.1, 0.15) is 23.3 Å². The van der Waals surface area contributed by atoms with Crippen LogP contribution >= 0.6 is 11.3 Å². The number of carbonyl (C=O) groups is 1. The number of aromatic nitrogens is 3. The molecule has 3 aromatic rings. The van der Waals surface area contributed by atoms with Gasteiger partial charge in [0.25, 0.3) is 0 Å². The van der Waals surface area contributed by atoms with Gasteiger partial charge >= 0.3 is 0 Å². The molecule has 33 heavy (non-hydrogen) atoms. The van der Waals surface area contributed by atoms with Gasteiger partial charge in [-0.25, -0.2) is 23.7 Å². The number of rotatable bonds is 6. The van der Waals surface area contributed by atoms with Crippen LogP contribution in [0.25, 0.3) is 11.3 Å². The average Bonchev–Trinajstić information content (AvgIpc) is 3.23. The number of thiazole rings is 1. The molecule has 1 aromatic carbocycles. The lowest BCUT2D eigenvalue weighted by atomic mass is 10.1. The van der Waals surface area contributed by atoms with Crippen molar-refractivity contribution in [2.24, 2.45) is 0 Å². The summed E-state index contributed by atoms with van der Waals surface area (Å²) in [6.07, 6.45) is 0. The molecule has 0 radical (unpaired) electrons. The molecule has 1 fully saturated rings. The minimum atomic E-state index is -0.558. The van der Waals surface area contributed by atoms with Crippen LogP contribution in [0.15, 0.2) is 29.6 Å². The molecule has 1 aliphatic rings. The van der Waals surface area contributed by atoms with Gasteiger partial charge < -0.3 is 10.2 Å². The van der Waals surface area contributed by atoms with E-state index < -0.39 is 11.6 Å². The summed E-state index contributed by atoms with van der Waals surface area (Å²) >= 11 is 1.18. The number of hydrogen-bond donors (Lipinski definition) is 1. The van der Waals surface area contributed by atoms with Crippen LogP contribution in [-0.4, -0.2) is 58.5 Å². The van der Waals surface area contributed by atoms with Crippen molar-refractivity contribution in [1.29, 1.82) is 0 Å². The normalized spacial score (nSPS) is 14.7. The summed E-state index contributed by atoms with van der Waals surface area (Å²) in [7, 11) is 0. The van der Waals surface area contributed by atoms with Crippen molar-refractivity contribution in [2.75, 3.05) is 42.9 Å². The molecule has 0 saturated carbocycles. The molecular formula is C23H26F2N6OS. The minimum absolute atomic E-state index is 0.0726. The molecule has 0 unspecified atom stereocenters. The predicted octanol–water partition coefficient (Wildman–Crippen LogP) is 4.07. The standard InChI is InChI=1S/C23H26F2N6OS/c1-14(2)22-26-15(3)10-20(28-22)31-8-6-30(7-9-31)12-21(32)29-23-27-19(13-33-23)17-11-16(24)4-5-18(17)25/h4-5,10-11,13-14H,6-9,12H2,1-3H3,(H,27,29,32). The Morgan fingerprint density at radius 1 is 1.12 bits per heavy atom. The number of anilines is 2. The number of carbonyl (C=O) groups excluding carboxylic acids is 1. The van der Waals surface area contributed by atoms with Gasteiger partial charge in [-0.2, -0.15) is 0 Å². The molecule has 10 heteroatoms. The monoisotopic (exact) mass is 472 g/mol. The summed E-state index contributed by atoms with van der Waals surface area (Å²) in [6, 6.07) is 5.21. The Labute approximate surface area is 195 Å². The maximum absolute atomic E-state index is 14.0. The SMILES string of the molecule is Cc1cc(N2CCN(CC(=O)Nc3nc(-c4cc(F)ccc4F)cs3)CC2)nc(C(C)C)n1. The second-order valence-corrected chi connectivity index (χ2v) is 9.21. The third-order valence-corrected chi connectivity index (χ3v) is 6.15. The van der Waals surface area contributed by atoms with E-state index in [1.807, 2.05) is 13.0 Å². The van der Waals surface area contributed by atoms with Crippen LogP contribution in [0.4, 0.5) is 19.7 Å². The van der Waals surface area contributed by atoms with E-state index in [0.29, 0.717) is 10.8 Å². The lowest BCUT2D eigenvalue weighted by molar-refractivity contribution is -0.117. The number of halogens is 2. The molecule has 0 bridgehead atoms. The Morgan fingerprint density at radius 2 is 1.88 bits per heavy atom. The Morgan fingerprint density at radius 3 is 2.61 bits per heavy atom. The van der Waals surface area contributed by atoms with Crippen LogP contribution in [0.5, 0.6) is 0 Å². The number of nitrogens with zero attached hydrogens (tertiary/aromatic N) is 5. The summed E-state index contributed by atoms with van der Waals surface area (Å²) in [5.41, 5.74) is 1.32. The van der Waals surface area contributed by atoms with E-state index in [1.165, 1.54) is 11.3 Å². The Balaban J connectivity index is 1.31. The van der Waals surface area contributed by atoms with Gasteiger partial charge in [-0.05, 0) is 25.1 Å². The molecule has 2 aromatic heterocycles. The molecular weight excluding hydrogens is 446 g/mol. The van der Waals surface area contributed by atoms with Crippen LogP contribution in [0.3, 0.4) is 0 Å². The highest BCUT2D eigenvalue weighted by Gasteiger charge is 2.21. The number of aryl methyl sites for hydroxylation is 1. The van der Waals surface area contributed by atoms with Crippen molar-refractivity contribution in [3.05, 3.63) is 52.8 Å². The summed E-state index contributed by atoms with van der Waals surface area (Å²) in [6.45, 7) is 9.35. The molecule has 174 valence electrons. The van der Waals surface area contributed by atoms with Gasteiger partial charge in [-0.15, -0.1) is 11.3 Å². The Kier molecular flexibility index (Phi) is 6.94. The smallest absolute Gasteiger partial charge is 0.240 e. The van der Waals surface area contributed by atoms with E-state index >= 15 is 0 Å². The van der Waals surface area contributed by atoms with Gasteiger partial charge in [-0.3, -0.25) is 9.69 Å².